The highest BCUT2D eigenvalue weighted by molar-refractivity contribution is 7.98. The zero-order valence-electron chi connectivity index (χ0n) is 8.01. The van der Waals surface area contributed by atoms with Crippen LogP contribution in [0.15, 0.2) is 29.6 Å². The first-order chi connectivity index (χ1) is 6.83. The summed E-state index contributed by atoms with van der Waals surface area (Å²) in [5.41, 5.74) is 0. The first-order valence-electron chi connectivity index (χ1n) is 4.20. The molecule has 0 spiro atoms. The van der Waals surface area contributed by atoms with Gasteiger partial charge < -0.3 is 0 Å². The Kier molecular flexibility index (Phi) is 2.49. The lowest BCUT2D eigenvalue weighted by atomic mass is 10.4. The normalized spacial score (nSPS) is 10.4. The van der Waals surface area contributed by atoms with Crippen molar-refractivity contribution < 1.29 is 0 Å². The predicted molar refractivity (Wildman–Crippen MR) is 55.7 cm³/mol. The lowest BCUT2D eigenvalue weighted by molar-refractivity contribution is 0.841. The van der Waals surface area contributed by atoms with E-state index in [0.717, 1.165) is 16.8 Å². The van der Waals surface area contributed by atoms with E-state index in [9.17, 15) is 0 Å². The third kappa shape index (κ3) is 1.50. The van der Waals surface area contributed by atoms with Crippen LogP contribution < -0.4 is 0 Å². The van der Waals surface area contributed by atoms with Crippen LogP contribution in [0.5, 0.6) is 0 Å². The number of thioether (sulfide) groups is 1. The molecule has 0 aliphatic heterocycles. The first-order valence-corrected chi connectivity index (χ1v) is 5.43. The molecule has 0 saturated carbocycles. The Labute approximate surface area is 86.4 Å². The van der Waals surface area contributed by atoms with Crippen molar-refractivity contribution in [3.63, 3.8) is 0 Å². The SMILES string of the molecule is CSc1nnc(C)n1-c1ccccn1. The largest absolute Gasteiger partial charge is 0.258 e. The minimum absolute atomic E-state index is 0.855. The molecule has 0 atom stereocenters. The number of pyridine rings is 1. The van der Waals surface area contributed by atoms with Crippen molar-refractivity contribution in [2.24, 2.45) is 0 Å². The van der Waals surface area contributed by atoms with Crippen LogP contribution in [-0.2, 0) is 0 Å². The highest BCUT2D eigenvalue weighted by Gasteiger charge is 2.09. The van der Waals surface area contributed by atoms with Crippen molar-refractivity contribution >= 4 is 11.8 Å². The van der Waals surface area contributed by atoms with Crippen LogP contribution in [-0.4, -0.2) is 26.0 Å². The van der Waals surface area contributed by atoms with E-state index in [2.05, 4.69) is 15.2 Å². The number of rotatable bonds is 2. The van der Waals surface area contributed by atoms with Gasteiger partial charge in [0.05, 0.1) is 0 Å². The highest BCUT2D eigenvalue weighted by atomic mass is 32.2. The van der Waals surface area contributed by atoms with Crippen LogP contribution in [0, 0.1) is 6.92 Å². The average Bonchev–Trinajstić information content (AvgIpc) is 2.61. The summed E-state index contributed by atoms with van der Waals surface area (Å²) < 4.78 is 1.94. The minimum atomic E-state index is 0.855. The number of aryl methyl sites for hydroxylation is 1. The lowest BCUT2D eigenvalue weighted by Gasteiger charge is -2.04. The summed E-state index contributed by atoms with van der Waals surface area (Å²) in [4.78, 5) is 4.26. The number of aromatic nitrogens is 4. The predicted octanol–water partition coefficient (Wildman–Crippen LogP) is 1.69. The molecule has 0 N–H and O–H groups in total. The van der Waals surface area contributed by atoms with Gasteiger partial charge in [-0.3, -0.25) is 4.57 Å². The summed E-state index contributed by atoms with van der Waals surface area (Å²) in [6.07, 6.45) is 3.74. The third-order valence-corrected chi connectivity index (χ3v) is 2.49. The van der Waals surface area contributed by atoms with Crippen molar-refractivity contribution in [3.05, 3.63) is 30.2 Å². The molecule has 2 aromatic heterocycles. The van der Waals surface area contributed by atoms with Gasteiger partial charge in [0.25, 0.3) is 0 Å². The molecule has 0 saturated heterocycles. The van der Waals surface area contributed by atoms with Crippen LogP contribution in [0.1, 0.15) is 5.82 Å². The topological polar surface area (TPSA) is 43.6 Å². The molecule has 0 bridgehead atoms. The number of hydrogen-bond acceptors (Lipinski definition) is 4. The van der Waals surface area contributed by atoms with E-state index in [1.165, 1.54) is 0 Å². The van der Waals surface area contributed by atoms with Gasteiger partial charge in [-0.25, -0.2) is 4.98 Å². The zero-order chi connectivity index (χ0) is 9.97. The fourth-order valence-electron chi connectivity index (χ4n) is 1.22. The number of nitrogens with zero attached hydrogens (tertiary/aromatic N) is 4. The molecule has 0 radical (unpaired) electrons. The Bertz CT molecular complexity index is 424. The van der Waals surface area contributed by atoms with E-state index in [-0.39, 0.29) is 0 Å². The van der Waals surface area contributed by atoms with Gasteiger partial charge in [-0.15, -0.1) is 10.2 Å². The molecule has 2 rings (SSSR count). The van der Waals surface area contributed by atoms with Crippen LogP contribution in [0.3, 0.4) is 0 Å². The standard InChI is InChI=1S/C9H10N4S/c1-7-11-12-9(14-2)13(7)8-5-3-4-6-10-8/h3-6H,1-2H3. The van der Waals surface area contributed by atoms with Crippen LogP contribution in [0.2, 0.25) is 0 Å². The summed E-state index contributed by atoms with van der Waals surface area (Å²) in [7, 11) is 0. The molecule has 0 fully saturated rings. The first kappa shape index (κ1) is 9.21. The molecular weight excluding hydrogens is 196 g/mol. The summed E-state index contributed by atoms with van der Waals surface area (Å²) >= 11 is 1.56. The molecule has 2 aromatic rings. The van der Waals surface area contributed by atoms with Gasteiger partial charge in [0, 0.05) is 6.20 Å². The Morgan fingerprint density at radius 1 is 1.29 bits per heavy atom. The van der Waals surface area contributed by atoms with Gasteiger partial charge in [-0.1, -0.05) is 17.8 Å². The van der Waals surface area contributed by atoms with Crippen molar-refractivity contribution in [2.45, 2.75) is 12.1 Å². The number of hydrogen-bond donors (Lipinski definition) is 0. The molecule has 2 heterocycles. The quantitative estimate of drug-likeness (QED) is 0.701. The fraction of sp³-hybridized carbons (Fsp3) is 0.222. The molecule has 0 unspecified atom stereocenters. The van der Waals surface area contributed by atoms with Gasteiger partial charge in [-0.2, -0.15) is 0 Å². The van der Waals surface area contributed by atoms with Crippen molar-refractivity contribution in [1.82, 2.24) is 19.7 Å². The zero-order valence-corrected chi connectivity index (χ0v) is 8.82. The smallest absolute Gasteiger partial charge is 0.196 e. The molecule has 14 heavy (non-hydrogen) atoms. The second-order valence-corrected chi connectivity index (χ2v) is 3.53. The van der Waals surface area contributed by atoms with E-state index in [0.29, 0.717) is 0 Å². The van der Waals surface area contributed by atoms with Crippen molar-refractivity contribution in [2.75, 3.05) is 6.26 Å². The Hall–Kier alpha value is -1.36. The summed E-state index contributed by atoms with van der Waals surface area (Å²) in [5, 5.41) is 8.92. The van der Waals surface area contributed by atoms with Crippen LogP contribution in [0.4, 0.5) is 0 Å². The van der Waals surface area contributed by atoms with E-state index in [1.54, 1.807) is 18.0 Å². The Morgan fingerprint density at radius 3 is 2.79 bits per heavy atom. The molecule has 4 nitrogen and oxygen atoms in total. The highest BCUT2D eigenvalue weighted by Crippen LogP contribution is 2.17. The van der Waals surface area contributed by atoms with Crippen LogP contribution in [0.25, 0.3) is 5.82 Å². The second kappa shape index (κ2) is 3.79. The summed E-state index contributed by atoms with van der Waals surface area (Å²) in [6, 6.07) is 5.78. The molecule has 0 amide bonds. The van der Waals surface area contributed by atoms with Gasteiger partial charge in [0.2, 0.25) is 0 Å². The molecule has 0 aromatic carbocycles. The maximum absolute atomic E-state index is 4.26. The van der Waals surface area contributed by atoms with E-state index < -0.39 is 0 Å². The molecule has 0 aliphatic carbocycles. The van der Waals surface area contributed by atoms with E-state index in [4.69, 9.17) is 0 Å². The third-order valence-electron chi connectivity index (χ3n) is 1.86. The van der Waals surface area contributed by atoms with Crippen LogP contribution >= 0.6 is 11.8 Å². The molecule has 5 heteroatoms. The fourth-order valence-corrected chi connectivity index (χ4v) is 1.76. The van der Waals surface area contributed by atoms with E-state index >= 15 is 0 Å². The Balaban J connectivity index is 2.55. The second-order valence-electron chi connectivity index (χ2n) is 2.76. The maximum atomic E-state index is 4.26. The van der Waals surface area contributed by atoms with Gasteiger partial charge in [0.15, 0.2) is 5.16 Å². The van der Waals surface area contributed by atoms with Gasteiger partial charge in [-0.05, 0) is 25.3 Å². The maximum Gasteiger partial charge on any atom is 0.196 e. The summed E-state index contributed by atoms with van der Waals surface area (Å²) in [6.45, 7) is 1.92. The minimum Gasteiger partial charge on any atom is -0.258 e. The molecule has 72 valence electrons. The van der Waals surface area contributed by atoms with Crippen molar-refractivity contribution in [3.8, 4) is 5.82 Å². The monoisotopic (exact) mass is 206 g/mol. The van der Waals surface area contributed by atoms with E-state index in [1.807, 2.05) is 35.9 Å². The Morgan fingerprint density at radius 2 is 2.14 bits per heavy atom. The van der Waals surface area contributed by atoms with Gasteiger partial charge >= 0.3 is 0 Å². The molecule has 0 aliphatic rings. The van der Waals surface area contributed by atoms with Gasteiger partial charge in [0.1, 0.15) is 11.6 Å². The lowest BCUT2D eigenvalue weighted by Crippen LogP contribution is -2.00. The van der Waals surface area contributed by atoms with Crippen molar-refractivity contribution in [1.29, 1.82) is 0 Å². The average molecular weight is 206 g/mol. The summed E-state index contributed by atoms with van der Waals surface area (Å²) in [5.74, 6) is 1.72. The molecular formula is C9H10N4S.